The highest BCUT2D eigenvalue weighted by molar-refractivity contribution is 7.99. The van der Waals surface area contributed by atoms with E-state index in [4.69, 9.17) is 5.73 Å². The maximum Gasteiger partial charge on any atom is 0.128 e. The molecule has 1 aliphatic heterocycles. The van der Waals surface area contributed by atoms with Crippen molar-refractivity contribution in [2.75, 3.05) is 23.0 Å². The fourth-order valence-corrected chi connectivity index (χ4v) is 3.16. The van der Waals surface area contributed by atoms with Gasteiger partial charge in [-0.1, -0.05) is 6.07 Å². The van der Waals surface area contributed by atoms with Gasteiger partial charge in [-0.2, -0.15) is 11.8 Å². The largest absolute Gasteiger partial charge is 0.352 e. The molecule has 0 spiro atoms. The van der Waals surface area contributed by atoms with Gasteiger partial charge in [0.2, 0.25) is 0 Å². The van der Waals surface area contributed by atoms with E-state index >= 15 is 0 Å². The van der Waals surface area contributed by atoms with Crippen molar-refractivity contribution in [1.29, 1.82) is 0 Å². The van der Waals surface area contributed by atoms with Crippen LogP contribution >= 0.6 is 11.8 Å². The van der Waals surface area contributed by atoms with E-state index in [-0.39, 0.29) is 6.04 Å². The van der Waals surface area contributed by atoms with Crippen LogP contribution in [0.3, 0.4) is 0 Å². The Morgan fingerprint density at radius 1 is 1.59 bits per heavy atom. The molecule has 4 heteroatoms. The Labute approximate surface area is 108 Å². The van der Waals surface area contributed by atoms with Crippen molar-refractivity contribution >= 4 is 17.6 Å². The molecule has 17 heavy (non-hydrogen) atoms. The molecule has 94 valence electrons. The van der Waals surface area contributed by atoms with Crippen molar-refractivity contribution in [3.63, 3.8) is 0 Å². The van der Waals surface area contributed by atoms with Crippen molar-refractivity contribution in [1.82, 2.24) is 4.98 Å². The van der Waals surface area contributed by atoms with Crippen molar-refractivity contribution in [2.24, 2.45) is 5.73 Å². The van der Waals surface area contributed by atoms with Crippen LogP contribution in [0.15, 0.2) is 18.3 Å². The quantitative estimate of drug-likeness (QED) is 0.891. The third-order valence-corrected chi connectivity index (χ3v) is 4.22. The van der Waals surface area contributed by atoms with Crippen molar-refractivity contribution in [2.45, 2.75) is 32.4 Å². The molecule has 0 amide bonds. The van der Waals surface area contributed by atoms with Crippen LogP contribution in [0.4, 0.5) is 5.82 Å². The first-order valence-corrected chi connectivity index (χ1v) is 7.37. The third kappa shape index (κ3) is 3.36. The summed E-state index contributed by atoms with van der Waals surface area (Å²) in [5.41, 5.74) is 7.01. The lowest BCUT2D eigenvalue weighted by molar-refractivity contribution is 0.687. The molecule has 1 aromatic rings. The Balaban J connectivity index is 2.06. The Morgan fingerprint density at radius 2 is 2.41 bits per heavy atom. The first-order valence-electron chi connectivity index (χ1n) is 6.21. The third-order valence-electron chi connectivity index (χ3n) is 3.03. The van der Waals surface area contributed by atoms with Gasteiger partial charge < -0.3 is 10.6 Å². The van der Waals surface area contributed by atoms with Crippen LogP contribution < -0.4 is 10.6 Å². The number of thioether (sulfide) groups is 1. The second-order valence-corrected chi connectivity index (χ2v) is 5.97. The normalized spacial score (nSPS) is 22.5. The van der Waals surface area contributed by atoms with E-state index in [0.717, 1.165) is 18.8 Å². The Kier molecular flexibility index (Phi) is 4.29. The van der Waals surface area contributed by atoms with Crippen LogP contribution in [0.1, 0.15) is 19.4 Å². The Bertz CT molecular complexity index is 350. The van der Waals surface area contributed by atoms with Gasteiger partial charge in [-0.3, -0.25) is 0 Å². The van der Waals surface area contributed by atoms with Gasteiger partial charge >= 0.3 is 0 Å². The van der Waals surface area contributed by atoms with E-state index in [1.807, 2.05) is 24.9 Å². The van der Waals surface area contributed by atoms with E-state index in [9.17, 15) is 0 Å². The number of aromatic nitrogens is 1. The molecule has 1 aromatic heterocycles. The van der Waals surface area contributed by atoms with Crippen LogP contribution in [0.2, 0.25) is 0 Å². The Hall–Kier alpha value is -0.740. The maximum atomic E-state index is 5.79. The smallest absolute Gasteiger partial charge is 0.128 e. The van der Waals surface area contributed by atoms with Crippen LogP contribution in [-0.4, -0.2) is 35.1 Å². The molecule has 2 atom stereocenters. The van der Waals surface area contributed by atoms with Crippen LogP contribution in [0.5, 0.6) is 0 Å². The number of hydrogen-bond donors (Lipinski definition) is 1. The molecule has 2 rings (SSSR count). The van der Waals surface area contributed by atoms with Gasteiger partial charge in [-0.15, -0.1) is 0 Å². The molecule has 0 saturated carbocycles. The SMILES string of the molecule is CC(N)Cc1ccc(N2CCSCC2C)nc1. The van der Waals surface area contributed by atoms with Gasteiger partial charge in [-0.25, -0.2) is 4.98 Å². The molecule has 0 aromatic carbocycles. The second kappa shape index (κ2) is 5.74. The minimum atomic E-state index is 0.202. The Morgan fingerprint density at radius 3 is 3.00 bits per heavy atom. The predicted molar refractivity (Wildman–Crippen MR) is 75.7 cm³/mol. The summed E-state index contributed by atoms with van der Waals surface area (Å²) in [4.78, 5) is 6.96. The fourth-order valence-electron chi connectivity index (χ4n) is 2.15. The zero-order valence-electron chi connectivity index (χ0n) is 10.6. The molecule has 2 unspecified atom stereocenters. The summed E-state index contributed by atoms with van der Waals surface area (Å²) >= 11 is 2.03. The van der Waals surface area contributed by atoms with Gasteiger partial charge in [0.1, 0.15) is 5.82 Å². The first kappa shape index (κ1) is 12.7. The van der Waals surface area contributed by atoms with Gasteiger partial charge in [0.05, 0.1) is 0 Å². The summed E-state index contributed by atoms with van der Waals surface area (Å²) in [7, 11) is 0. The number of nitrogens with two attached hydrogens (primary N) is 1. The first-order chi connectivity index (χ1) is 8.16. The molecule has 0 bridgehead atoms. The molecular formula is C13H21N3S. The molecule has 1 aliphatic rings. The lowest BCUT2D eigenvalue weighted by Crippen LogP contribution is -2.40. The average Bonchev–Trinajstić information content (AvgIpc) is 2.30. The average molecular weight is 251 g/mol. The van der Waals surface area contributed by atoms with Crippen molar-refractivity contribution < 1.29 is 0 Å². The van der Waals surface area contributed by atoms with Crippen LogP contribution in [0, 0.1) is 0 Å². The lowest BCUT2D eigenvalue weighted by atomic mass is 10.1. The highest BCUT2D eigenvalue weighted by atomic mass is 32.2. The minimum Gasteiger partial charge on any atom is -0.352 e. The molecule has 3 nitrogen and oxygen atoms in total. The topological polar surface area (TPSA) is 42.1 Å². The second-order valence-electron chi connectivity index (χ2n) is 4.82. The number of pyridine rings is 1. The number of rotatable bonds is 3. The summed E-state index contributed by atoms with van der Waals surface area (Å²) in [5, 5.41) is 0. The van der Waals surface area contributed by atoms with E-state index in [0.29, 0.717) is 6.04 Å². The monoisotopic (exact) mass is 251 g/mol. The summed E-state index contributed by atoms with van der Waals surface area (Å²) in [6.45, 7) is 5.40. The molecule has 0 aliphatic carbocycles. The summed E-state index contributed by atoms with van der Waals surface area (Å²) in [6, 6.07) is 5.07. The standard InChI is InChI=1S/C13H21N3S/c1-10(14)7-12-3-4-13(15-8-12)16-5-6-17-9-11(16)2/h3-4,8,10-11H,5-7,9,14H2,1-2H3. The van der Waals surface area contributed by atoms with Gasteiger partial charge in [0.15, 0.2) is 0 Å². The highest BCUT2D eigenvalue weighted by Crippen LogP contribution is 2.22. The van der Waals surface area contributed by atoms with Gasteiger partial charge in [0, 0.05) is 36.3 Å². The highest BCUT2D eigenvalue weighted by Gasteiger charge is 2.19. The van der Waals surface area contributed by atoms with Crippen molar-refractivity contribution in [3.05, 3.63) is 23.9 Å². The zero-order valence-corrected chi connectivity index (χ0v) is 11.4. The molecular weight excluding hydrogens is 230 g/mol. The molecule has 2 N–H and O–H groups in total. The van der Waals surface area contributed by atoms with Crippen LogP contribution in [0.25, 0.3) is 0 Å². The van der Waals surface area contributed by atoms with Gasteiger partial charge in [0.25, 0.3) is 0 Å². The number of nitrogens with zero attached hydrogens (tertiary/aromatic N) is 2. The fraction of sp³-hybridized carbons (Fsp3) is 0.615. The van der Waals surface area contributed by atoms with Crippen molar-refractivity contribution in [3.8, 4) is 0 Å². The van der Waals surface area contributed by atoms with E-state index < -0.39 is 0 Å². The van der Waals surface area contributed by atoms with E-state index in [1.54, 1.807) is 0 Å². The summed E-state index contributed by atoms with van der Waals surface area (Å²) in [6.07, 6.45) is 2.87. The van der Waals surface area contributed by atoms with E-state index in [2.05, 4.69) is 28.9 Å². The van der Waals surface area contributed by atoms with E-state index in [1.165, 1.54) is 17.1 Å². The molecule has 0 radical (unpaired) electrons. The summed E-state index contributed by atoms with van der Waals surface area (Å²) in [5.74, 6) is 3.50. The lowest BCUT2D eigenvalue weighted by Gasteiger charge is -2.34. The minimum absolute atomic E-state index is 0.202. The number of hydrogen-bond acceptors (Lipinski definition) is 4. The zero-order chi connectivity index (χ0) is 12.3. The molecule has 2 heterocycles. The molecule has 1 fully saturated rings. The maximum absolute atomic E-state index is 5.79. The molecule has 1 saturated heterocycles. The predicted octanol–water partition coefficient (Wildman–Crippen LogP) is 1.91. The summed E-state index contributed by atoms with van der Waals surface area (Å²) < 4.78 is 0. The van der Waals surface area contributed by atoms with Gasteiger partial charge in [-0.05, 0) is 31.9 Å². The van der Waals surface area contributed by atoms with Crippen LogP contribution in [-0.2, 0) is 6.42 Å². The number of anilines is 1.